The van der Waals surface area contributed by atoms with Gasteiger partial charge in [0.05, 0.1) is 42.3 Å². The van der Waals surface area contributed by atoms with E-state index in [1.807, 2.05) is 0 Å². The first-order valence-electron chi connectivity index (χ1n) is 23.1. The number of amides is 6. The van der Waals surface area contributed by atoms with Crippen LogP contribution in [0, 0.1) is 5.82 Å². The lowest BCUT2D eigenvalue weighted by Gasteiger charge is -2.36. The lowest BCUT2D eigenvalue weighted by Crippen LogP contribution is -2.52. The van der Waals surface area contributed by atoms with Crippen molar-refractivity contribution in [3.8, 4) is 11.5 Å². The summed E-state index contributed by atoms with van der Waals surface area (Å²) >= 11 is 0. The number of fused-ring (bicyclic) bond motifs is 2. The summed E-state index contributed by atoms with van der Waals surface area (Å²) in [6, 6.07) is 10.7. The number of piperidine rings is 2. The Morgan fingerprint density at radius 1 is 0.851 bits per heavy atom. The summed E-state index contributed by atoms with van der Waals surface area (Å²) in [6.07, 6.45) is 4.23. The molecule has 358 valence electrons. The van der Waals surface area contributed by atoms with Gasteiger partial charge in [0.1, 0.15) is 21.7 Å². The quantitative estimate of drug-likeness (QED) is 0.187. The predicted octanol–water partition coefficient (Wildman–Crippen LogP) is 3.59. The summed E-state index contributed by atoms with van der Waals surface area (Å²) in [5.41, 5.74) is 2.29. The van der Waals surface area contributed by atoms with Crippen molar-refractivity contribution in [2.75, 3.05) is 89.9 Å². The molecule has 19 heteroatoms. The molecular weight excluding hydrogens is 886 g/mol. The highest BCUT2D eigenvalue weighted by atomic mass is 32.2. The number of ether oxygens (including phenoxy) is 2. The number of carbonyl (C=O) groups excluding carboxylic acids is 6. The third-order valence-corrected chi connectivity index (χ3v) is 14.5. The second-order valence-corrected chi connectivity index (χ2v) is 20.2. The summed E-state index contributed by atoms with van der Waals surface area (Å²) in [7, 11) is -2.22. The maximum Gasteiger partial charge on any atom is 0.264 e. The van der Waals surface area contributed by atoms with E-state index in [1.165, 1.54) is 24.1 Å². The van der Waals surface area contributed by atoms with Gasteiger partial charge in [-0.2, -0.15) is 0 Å². The number of hydrogen-bond donors (Lipinski definition) is 2. The molecule has 3 fully saturated rings. The average molecular weight is 944 g/mol. The van der Waals surface area contributed by atoms with Crippen molar-refractivity contribution in [2.24, 2.45) is 0 Å². The first-order valence-corrected chi connectivity index (χ1v) is 25.1. The third-order valence-electron chi connectivity index (χ3n) is 13.6. The topological polar surface area (TPSA) is 195 Å². The van der Waals surface area contributed by atoms with Crippen LogP contribution in [0.2, 0.25) is 0 Å². The number of halogens is 1. The zero-order valence-electron chi connectivity index (χ0n) is 38.2. The molecule has 0 aromatic heterocycles. The largest absolute Gasteiger partial charge is 0.493 e. The Balaban J connectivity index is 0.773. The Morgan fingerprint density at radius 3 is 2.22 bits per heavy atom. The van der Waals surface area contributed by atoms with E-state index in [9.17, 15) is 37.2 Å². The van der Waals surface area contributed by atoms with Crippen LogP contribution < -0.4 is 20.1 Å². The van der Waals surface area contributed by atoms with Gasteiger partial charge in [-0.25, -0.2) is 12.8 Å². The lowest BCUT2D eigenvalue weighted by molar-refractivity contribution is -0.137. The number of anilines is 1. The predicted molar refractivity (Wildman–Crippen MR) is 245 cm³/mol. The van der Waals surface area contributed by atoms with E-state index in [0.29, 0.717) is 35.8 Å². The minimum atomic E-state index is -3.69. The van der Waals surface area contributed by atoms with Crippen molar-refractivity contribution in [1.82, 2.24) is 29.8 Å². The first kappa shape index (κ1) is 47.7. The van der Waals surface area contributed by atoms with Crippen LogP contribution in [0.3, 0.4) is 0 Å². The fourth-order valence-corrected chi connectivity index (χ4v) is 11.0. The Morgan fingerprint density at radius 2 is 1.55 bits per heavy atom. The summed E-state index contributed by atoms with van der Waals surface area (Å²) in [4.78, 5) is 87.9. The van der Waals surface area contributed by atoms with Gasteiger partial charge in [0.2, 0.25) is 17.7 Å². The number of piperazine rings is 1. The maximum absolute atomic E-state index is 15.5. The van der Waals surface area contributed by atoms with Crippen molar-refractivity contribution in [1.29, 1.82) is 0 Å². The summed E-state index contributed by atoms with van der Waals surface area (Å²) < 4.78 is 51.9. The number of sulfone groups is 1. The van der Waals surface area contributed by atoms with Gasteiger partial charge in [0.15, 0.2) is 11.5 Å². The number of likely N-dealkylation sites (tertiary alicyclic amines) is 1. The molecule has 5 heterocycles. The monoisotopic (exact) mass is 943 g/mol. The van der Waals surface area contributed by atoms with E-state index in [1.54, 1.807) is 43.3 Å². The molecule has 0 bridgehead atoms. The number of methoxy groups -OCH3 is 1. The van der Waals surface area contributed by atoms with Crippen LogP contribution in [0.4, 0.5) is 10.1 Å². The molecule has 67 heavy (non-hydrogen) atoms. The smallest absolute Gasteiger partial charge is 0.264 e. The molecule has 5 aliphatic heterocycles. The normalized spacial score (nSPS) is 20.2. The highest BCUT2D eigenvalue weighted by Gasteiger charge is 2.44. The molecule has 1 unspecified atom stereocenters. The Hall–Kier alpha value is -5.76. The second-order valence-electron chi connectivity index (χ2n) is 18.0. The number of carbonyl (C=O) groups is 6. The van der Waals surface area contributed by atoms with E-state index < -0.39 is 51.2 Å². The Bertz CT molecular complexity index is 2560. The van der Waals surface area contributed by atoms with Gasteiger partial charge in [-0.15, -0.1) is 0 Å². The highest BCUT2D eigenvalue weighted by molar-refractivity contribution is 7.90. The van der Waals surface area contributed by atoms with E-state index >= 15 is 4.39 Å². The first-order chi connectivity index (χ1) is 32.1. The number of hydrogen-bond acceptors (Lipinski definition) is 13. The molecule has 0 radical (unpaired) electrons. The van der Waals surface area contributed by atoms with Crippen LogP contribution >= 0.6 is 0 Å². The fraction of sp³-hybridized carbons (Fsp3) is 0.500. The highest BCUT2D eigenvalue weighted by Crippen LogP contribution is 2.39. The van der Waals surface area contributed by atoms with Gasteiger partial charge in [-0.3, -0.25) is 39.0 Å². The van der Waals surface area contributed by atoms with Gasteiger partial charge in [-0.1, -0.05) is 18.2 Å². The Labute approximate surface area is 389 Å². The van der Waals surface area contributed by atoms with E-state index in [2.05, 4.69) is 25.3 Å². The van der Waals surface area contributed by atoms with Gasteiger partial charge in [0.25, 0.3) is 17.7 Å². The van der Waals surface area contributed by atoms with Crippen LogP contribution in [0.1, 0.15) is 105 Å². The van der Waals surface area contributed by atoms with Crippen LogP contribution in [-0.4, -0.2) is 159 Å². The molecular formula is C48H58FN7O10S. The van der Waals surface area contributed by atoms with Crippen molar-refractivity contribution in [2.45, 2.75) is 70.0 Å². The van der Waals surface area contributed by atoms with E-state index in [4.69, 9.17) is 9.47 Å². The zero-order chi connectivity index (χ0) is 47.6. The number of benzene rings is 3. The lowest BCUT2D eigenvalue weighted by atomic mass is 9.87. The number of imide groups is 2. The molecule has 17 nitrogen and oxygen atoms in total. The SMILES string of the molecule is CCOc1cc([C@@H](CS(C)(=O)=O)N2C(=O)c3cccc(NC(=O)CCN4CCN(CCCN5CCC(c6cc7c(cc6F)C(=O)N(C6CCC(=O)NC6=O)C7)CC5)CC4)c3C2=O)ccc1OC. The molecule has 2 N–H and O–H groups in total. The molecule has 2 atom stereocenters. The van der Waals surface area contributed by atoms with Crippen molar-refractivity contribution in [3.05, 3.63) is 87.7 Å². The molecule has 3 saturated heterocycles. The zero-order valence-corrected chi connectivity index (χ0v) is 39.0. The molecule has 0 aliphatic carbocycles. The van der Waals surface area contributed by atoms with Crippen LogP contribution in [0.25, 0.3) is 0 Å². The molecule has 8 rings (SSSR count). The van der Waals surface area contributed by atoms with Gasteiger partial charge >= 0.3 is 0 Å². The standard InChI is InChI=1S/C48H58FN7O10S/c1-4-66-41-26-31(9-11-40(41)65-2)39(29-67(3,63)64)56-47(61)33-7-5-8-37(44(33)48(56)62)50-43(58)15-20-54-23-21-53(22-24-54)17-6-16-52-18-13-30(14-19-52)34-25-32-28-55(46(60)35(32)27-36(34)49)38-10-12-42(57)51-45(38)59/h5,7-9,11,25-27,30,38-39H,4,6,10,12-24,28-29H2,1-3H3,(H,50,58)(H,51,57,59)/t38?,39-/m1/s1. The minimum absolute atomic E-state index is 0.0178. The van der Waals surface area contributed by atoms with E-state index in [-0.39, 0.29) is 71.8 Å². The van der Waals surface area contributed by atoms with Crippen LogP contribution in [0.5, 0.6) is 11.5 Å². The molecule has 0 spiro atoms. The summed E-state index contributed by atoms with van der Waals surface area (Å²) in [5, 5.41) is 5.15. The summed E-state index contributed by atoms with van der Waals surface area (Å²) in [6.45, 7) is 9.69. The van der Waals surface area contributed by atoms with Crippen molar-refractivity contribution >= 4 is 51.0 Å². The van der Waals surface area contributed by atoms with Crippen molar-refractivity contribution in [3.63, 3.8) is 0 Å². The molecule has 5 aliphatic rings. The molecule has 0 saturated carbocycles. The number of nitrogens with one attached hydrogen (secondary N) is 2. The third kappa shape index (κ3) is 10.5. The number of rotatable bonds is 17. The second kappa shape index (κ2) is 20.2. The van der Waals surface area contributed by atoms with Gasteiger partial charge < -0.3 is 34.4 Å². The fourth-order valence-electron chi connectivity index (χ4n) is 10.1. The summed E-state index contributed by atoms with van der Waals surface area (Å²) in [5.74, 6) is -3.00. The molecule has 6 amide bonds. The van der Waals surface area contributed by atoms with Gasteiger partial charge in [-0.05, 0) is 112 Å². The van der Waals surface area contributed by atoms with Crippen molar-refractivity contribution < 1.29 is 51.0 Å². The maximum atomic E-state index is 15.5. The number of nitrogens with zero attached hydrogens (tertiary/aromatic N) is 5. The van der Waals surface area contributed by atoms with Crippen LogP contribution in [0.15, 0.2) is 48.5 Å². The Kier molecular flexibility index (Phi) is 14.4. The van der Waals surface area contributed by atoms with Gasteiger partial charge in [0, 0.05) is 63.9 Å². The molecule has 3 aromatic carbocycles. The van der Waals surface area contributed by atoms with E-state index in [0.717, 1.165) is 88.3 Å². The minimum Gasteiger partial charge on any atom is -0.493 e. The van der Waals surface area contributed by atoms with Crippen LogP contribution in [-0.2, 0) is 30.8 Å². The average Bonchev–Trinajstić information content (AvgIpc) is 3.75. The molecule has 3 aromatic rings.